The number of hydrogen-bond acceptors (Lipinski definition) is 3. The minimum atomic E-state index is 0.00529. The molecule has 1 aromatic heterocycles. The Morgan fingerprint density at radius 2 is 2.31 bits per heavy atom. The van der Waals surface area contributed by atoms with Crippen LogP contribution in [0.1, 0.15) is 5.56 Å². The number of aromatic hydroxyl groups is 1. The molecule has 2 rings (SSSR count). The maximum Gasteiger partial charge on any atom is 0.153 e. The minimum Gasteiger partial charge on any atom is -0.505 e. The van der Waals surface area contributed by atoms with E-state index in [-0.39, 0.29) is 10.8 Å². The van der Waals surface area contributed by atoms with Crippen molar-refractivity contribution >= 4 is 33.0 Å². The molecule has 0 fully saturated rings. The van der Waals surface area contributed by atoms with Gasteiger partial charge in [0, 0.05) is 0 Å². The molecule has 2 aromatic rings. The van der Waals surface area contributed by atoms with Crippen molar-refractivity contribution in [2.24, 2.45) is 0 Å². The number of benzene rings is 1. The zero-order valence-corrected chi connectivity index (χ0v) is 7.99. The fourth-order valence-corrected chi connectivity index (χ4v) is 2.23. The van der Waals surface area contributed by atoms with Gasteiger partial charge in [-0.1, -0.05) is 11.6 Å². The topological polar surface area (TPSA) is 44.0 Å². The Morgan fingerprint density at radius 3 is 3.00 bits per heavy atom. The third-order valence-corrected chi connectivity index (χ3v) is 3.09. The highest BCUT2D eigenvalue weighted by Gasteiger charge is 2.10. The number of thiophene rings is 1. The Balaban J connectivity index is 2.94. The summed E-state index contributed by atoms with van der Waals surface area (Å²) >= 11 is 7.17. The van der Waals surface area contributed by atoms with E-state index in [2.05, 4.69) is 0 Å². The second-order valence-electron chi connectivity index (χ2n) is 2.54. The van der Waals surface area contributed by atoms with Crippen molar-refractivity contribution in [3.63, 3.8) is 0 Å². The van der Waals surface area contributed by atoms with Crippen LogP contribution in [-0.2, 0) is 0 Å². The molecule has 1 heterocycles. The molecule has 1 N–H and O–H groups in total. The van der Waals surface area contributed by atoms with Crippen molar-refractivity contribution in [3.05, 3.63) is 28.1 Å². The summed E-state index contributed by atoms with van der Waals surface area (Å²) in [5.41, 5.74) is 0.310. The second kappa shape index (κ2) is 2.91. The molecule has 0 saturated carbocycles. The Kier molecular flexibility index (Phi) is 1.87. The first-order valence-corrected chi connectivity index (χ1v) is 4.78. The molecule has 1 aromatic carbocycles. The highest BCUT2D eigenvalue weighted by Crippen LogP contribution is 2.38. The number of rotatable bonds is 0. The van der Waals surface area contributed by atoms with Gasteiger partial charge in [0.15, 0.2) is 5.75 Å². The van der Waals surface area contributed by atoms with Gasteiger partial charge in [-0.15, -0.1) is 11.3 Å². The summed E-state index contributed by atoms with van der Waals surface area (Å²) in [4.78, 5) is 0. The zero-order valence-electron chi connectivity index (χ0n) is 6.41. The van der Waals surface area contributed by atoms with Gasteiger partial charge in [-0.05, 0) is 22.9 Å². The number of nitriles is 1. The molecule has 0 aliphatic heterocycles. The molecule has 2 nitrogen and oxygen atoms in total. The van der Waals surface area contributed by atoms with Crippen LogP contribution in [0, 0.1) is 11.3 Å². The monoisotopic (exact) mass is 209 g/mol. The van der Waals surface area contributed by atoms with Crippen LogP contribution in [0.25, 0.3) is 10.1 Å². The predicted octanol–water partition coefficient (Wildman–Crippen LogP) is 3.13. The van der Waals surface area contributed by atoms with Crippen LogP contribution in [-0.4, -0.2) is 5.11 Å². The van der Waals surface area contributed by atoms with Crippen molar-refractivity contribution in [2.45, 2.75) is 0 Å². The van der Waals surface area contributed by atoms with Gasteiger partial charge in [0.1, 0.15) is 11.1 Å². The number of phenolic OH excluding ortho intramolecular Hbond substituents is 1. The van der Waals surface area contributed by atoms with Crippen molar-refractivity contribution in [2.75, 3.05) is 0 Å². The van der Waals surface area contributed by atoms with E-state index in [1.165, 1.54) is 11.3 Å². The third-order valence-electron chi connectivity index (χ3n) is 1.78. The summed E-state index contributed by atoms with van der Waals surface area (Å²) in [6.07, 6.45) is 0. The Labute approximate surface area is 83.6 Å². The average molecular weight is 210 g/mol. The van der Waals surface area contributed by atoms with Crippen molar-refractivity contribution in [1.82, 2.24) is 0 Å². The maximum absolute atomic E-state index is 9.59. The lowest BCUT2D eigenvalue weighted by atomic mass is 10.2. The van der Waals surface area contributed by atoms with Gasteiger partial charge in [0.25, 0.3) is 0 Å². The van der Waals surface area contributed by atoms with E-state index < -0.39 is 0 Å². The van der Waals surface area contributed by atoms with Gasteiger partial charge in [-0.25, -0.2) is 0 Å². The number of phenols is 1. The largest absolute Gasteiger partial charge is 0.505 e. The van der Waals surface area contributed by atoms with Crippen LogP contribution in [0.2, 0.25) is 5.02 Å². The molecule has 0 aliphatic rings. The summed E-state index contributed by atoms with van der Waals surface area (Å²) < 4.78 is 0.726. The fourth-order valence-electron chi connectivity index (χ4n) is 1.15. The molecular weight excluding hydrogens is 206 g/mol. The van der Waals surface area contributed by atoms with Gasteiger partial charge >= 0.3 is 0 Å². The molecule has 0 saturated heterocycles. The molecule has 0 amide bonds. The SMILES string of the molecule is N#Cc1cc2ccsc2c(O)c1Cl. The van der Waals surface area contributed by atoms with Crippen molar-refractivity contribution < 1.29 is 5.11 Å². The smallest absolute Gasteiger partial charge is 0.153 e. The molecule has 0 aliphatic carbocycles. The van der Waals surface area contributed by atoms with Crippen LogP contribution in [0.3, 0.4) is 0 Å². The molecule has 0 bridgehead atoms. The van der Waals surface area contributed by atoms with E-state index in [0.717, 1.165) is 10.1 Å². The quantitative estimate of drug-likeness (QED) is 0.725. The first kappa shape index (κ1) is 8.36. The molecule has 13 heavy (non-hydrogen) atoms. The van der Waals surface area contributed by atoms with Crippen molar-refractivity contribution in [1.29, 1.82) is 5.26 Å². The third kappa shape index (κ3) is 1.15. The summed E-state index contributed by atoms with van der Waals surface area (Å²) in [7, 11) is 0. The van der Waals surface area contributed by atoms with E-state index in [4.69, 9.17) is 16.9 Å². The fraction of sp³-hybridized carbons (Fsp3) is 0. The summed E-state index contributed by atoms with van der Waals surface area (Å²) in [6.45, 7) is 0. The van der Waals surface area contributed by atoms with E-state index in [0.29, 0.717) is 5.56 Å². The number of hydrogen-bond donors (Lipinski definition) is 1. The lowest BCUT2D eigenvalue weighted by Gasteiger charge is -1.99. The highest BCUT2D eigenvalue weighted by molar-refractivity contribution is 7.17. The second-order valence-corrected chi connectivity index (χ2v) is 3.83. The Morgan fingerprint density at radius 1 is 1.54 bits per heavy atom. The average Bonchev–Trinajstić information content (AvgIpc) is 2.59. The predicted molar refractivity (Wildman–Crippen MR) is 53.2 cm³/mol. The molecule has 0 atom stereocenters. The maximum atomic E-state index is 9.59. The first-order chi connectivity index (χ1) is 6.24. The van der Waals surface area contributed by atoms with Crippen molar-refractivity contribution in [3.8, 4) is 11.8 Å². The van der Waals surface area contributed by atoms with Crippen LogP contribution < -0.4 is 0 Å². The molecule has 0 spiro atoms. The lowest BCUT2D eigenvalue weighted by Crippen LogP contribution is -1.77. The van der Waals surface area contributed by atoms with Gasteiger partial charge in [0.05, 0.1) is 10.3 Å². The summed E-state index contributed by atoms with van der Waals surface area (Å²) in [5.74, 6) is 0.00529. The standard InChI is InChI=1S/C9H4ClNOS/c10-7-6(4-11)3-5-1-2-13-9(5)8(7)12/h1-3,12H. The number of fused-ring (bicyclic) bond motifs is 1. The first-order valence-electron chi connectivity index (χ1n) is 3.53. The van der Waals surface area contributed by atoms with Gasteiger partial charge in [0.2, 0.25) is 0 Å². The van der Waals surface area contributed by atoms with E-state index >= 15 is 0 Å². The van der Waals surface area contributed by atoms with E-state index in [9.17, 15) is 5.11 Å². The number of halogens is 1. The Bertz CT molecular complexity index is 512. The Hall–Kier alpha value is -1.24. The van der Waals surface area contributed by atoms with Crippen LogP contribution in [0.4, 0.5) is 0 Å². The molecule has 4 heteroatoms. The van der Waals surface area contributed by atoms with Crippen LogP contribution >= 0.6 is 22.9 Å². The normalized spacial score (nSPS) is 10.2. The van der Waals surface area contributed by atoms with Crippen LogP contribution in [0.15, 0.2) is 17.5 Å². The summed E-state index contributed by atoms with van der Waals surface area (Å²) in [5, 5.41) is 21.1. The minimum absolute atomic E-state index is 0.00529. The van der Waals surface area contributed by atoms with Gasteiger partial charge < -0.3 is 5.11 Å². The molecule has 0 radical (unpaired) electrons. The van der Waals surface area contributed by atoms with Gasteiger partial charge in [-0.2, -0.15) is 5.26 Å². The molecular formula is C9H4ClNOS. The zero-order chi connectivity index (χ0) is 9.42. The highest BCUT2D eigenvalue weighted by atomic mass is 35.5. The number of nitrogens with zero attached hydrogens (tertiary/aromatic N) is 1. The molecule has 64 valence electrons. The molecule has 0 unspecified atom stereocenters. The van der Waals surface area contributed by atoms with E-state index in [1.54, 1.807) is 6.07 Å². The van der Waals surface area contributed by atoms with Gasteiger partial charge in [-0.3, -0.25) is 0 Å². The summed E-state index contributed by atoms with van der Waals surface area (Å²) in [6, 6.07) is 5.45. The van der Waals surface area contributed by atoms with Crippen LogP contribution in [0.5, 0.6) is 5.75 Å². The lowest BCUT2D eigenvalue weighted by molar-refractivity contribution is 0.482. The van der Waals surface area contributed by atoms with E-state index in [1.807, 2.05) is 17.5 Å².